The van der Waals surface area contributed by atoms with E-state index in [1.165, 1.54) is 31.7 Å². The first-order valence-electron chi connectivity index (χ1n) is 6.23. The molecular weight excluding hydrogens is 216 g/mol. The summed E-state index contributed by atoms with van der Waals surface area (Å²) < 4.78 is 4.90. The molecule has 0 saturated carbocycles. The standard InChI is InChI=1S/C14H20O3/c1-2-3-4-5-6-7-8-9-13-10-12(15)11-14(16)17-13/h8-11,15H,2-7H2,1H3/b9-8+. The van der Waals surface area contributed by atoms with Crippen LogP contribution in [0.4, 0.5) is 0 Å². The van der Waals surface area contributed by atoms with Gasteiger partial charge in [0.05, 0.1) is 6.07 Å². The molecule has 0 radical (unpaired) electrons. The Morgan fingerprint density at radius 2 is 2.00 bits per heavy atom. The van der Waals surface area contributed by atoms with Crippen molar-refractivity contribution in [2.75, 3.05) is 0 Å². The highest BCUT2D eigenvalue weighted by molar-refractivity contribution is 5.44. The molecule has 17 heavy (non-hydrogen) atoms. The van der Waals surface area contributed by atoms with Gasteiger partial charge in [-0.15, -0.1) is 0 Å². The number of hydrogen-bond acceptors (Lipinski definition) is 3. The predicted octanol–water partition coefficient (Wildman–Crippen LogP) is 3.72. The Balaban J connectivity index is 2.30. The molecule has 0 bridgehead atoms. The lowest BCUT2D eigenvalue weighted by Crippen LogP contribution is -1.95. The lowest BCUT2D eigenvalue weighted by molar-refractivity contribution is 0.444. The molecule has 94 valence electrons. The van der Waals surface area contributed by atoms with E-state index in [2.05, 4.69) is 6.92 Å². The Hall–Kier alpha value is -1.51. The maximum atomic E-state index is 11.0. The topological polar surface area (TPSA) is 50.4 Å². The van der Waals surface area contributed by atoms with E-state index in [0.717, 1.165) is 18.9 Å². The molecule has 0 fully saturated rings. The van der Waals surface area contributed by atoms with Crippen LogP contribution in [0.15, 0.2) is 27.4 Å². The fraction of sp³-hybridized carbons (Fsp3) is 0.500. The maximum Gasteiger partial charge on any atom is 0.339 e. The van der Waals surface area contributed by atoms with Gasteiger partial charge in [-0.1, -0.05) is 38.7 Å². The summed E-state index contributed by atoms with van der Waals surface area (Å²) in [5.41, 5.74) is -0.521. The van der Waals surface area contributed by atoms with Crippen molar-refractivity contribution in [3.05, 3.63) is 34.4 Å². The molecule has 0 unspecified atom stereocenters. The smallest absolute Gasteiger partial charge is 0.339 e. The Morgan fingerprint density at radius 3 is 2.71 bits per heavy atom. The molecule has 0 spiro atoms. The van der Waals surface area contributed by atoms with Crippen molar-refractivity contribution in [3.63, 3.8) is 0 Å². The van der Waals surface area contributed by atoms with Crippen LogP contribution in [0.2, 0.25) is 0 Å². The predicted molar refractivity (Wildman–Crippen MR) is 69.1 cm³/mol. The van der Waals surface area contributed by atoms with Gasteiger partial charge in [0.15, 0.2) is 0 Å². The fourth-order valence-electron chi connectivity index (χ4n) is 1.63. The number of aromatic hydroxyl groups is 1. The van der Waals surface area contributed by atoms with E-state index < -0.39 is 5.63 Å². The van der Waals surface area contributed by atoms with Crippen molar-refractivity contribution in [1.29, 1.82) is 0 Å². The van der Waals surface area contributed by atoms with Crippen molar-refractivity contribution in [3.8, 4) is 5.75 Å². The Morgan fingerprint density at radius 1 is 1.24 bits per heavy atom. The average Bonchev–Trinajstić information content (AvgIpc) is 2.26. The van der Waals surface area contributed by atoms with Crippen molar-refractivity contribution < 1.29 is 9.52 Å². The summed E-state index contributed by atoms with van der Waals surface area (Å²) in [6.45, 7) is 2.20. The number of unbranched alkanes of at least 4 members (excludes halogenated alkanes) is 5. The lowest BCUT2D eigenvalue weighted by atomic mass is 10.1. The summed E-state index contributed by atoms with van der Waals surface area (Å²) >= 11 is 0. The molecule has 0 aliphatic rings. The zero-order chi connectivity index (χ0) is 12.5. The van der Waals surface area contributed by atoms with Gasteiger partial charge >= 0.3 is 5.63 Å². The molecule has 0 aliphatic heterocycles. The molecule has 0 atom stereocenters. The van der Waals surface area contributed by atoms with E-state index in [1.807, 2.05) is 6.08 Å². The molecule has 1 aromatic rings. The van der Waals surface area contributed by atoms with Gasteiger partial charge in [-0.05, 0) is 18.9 Å². The molecule has 0 aliphatic carbocycles. The second-order valence-corrected chi connectivity index (χ2v) is 4.14. The van der Waals surface area contributed by atoms with Crippen LogP contribution in [0.1, 0.15) is 51.2 Å². The van der Waals surface area contributed by atoms with E-state index in [-0.39, 0.29) is 5.75 Å². The monoisotopic (exact) mass is 236 g/mol. The van der Waals surface area contributed by atoms with Crippen LogP contribution in [0.5, 0.6) is 5.75 Å². The average molecular weight is 236 g/mol. The van der Waals surface area contributed by atoms with E-state index in [9.17, 15) is 9.90 Å². The molecule has 3 heteroatoms. The summed E-state index contributed by atoms with van der Waals surface area (Å²) in [6.07, 6.45) is 10.9. The summed E-state index contributed by atoms with van der Waals surface area (Å²) in [4.78, 5) is 11.0. The van der Waals surface area contributed by atoms with Crippen LogP contribution in [-0.2, 0) is 0 Å². The molecule has 0 amide bonds. The van der Waals surface area contributed by atoms with Gasteiger partial charge in [0.1, 0.15) is 11.5 Å². The molecule has 1 aromatic heterocycles. The molecule has 0 aromatic carbocycles. The first kappa shape index (κ1) is 13.6. The highest BCUT2D eigenvalue weighted by Gasteiger charge is 1.96. The van der Waals surface area contributed by atoms with Gasteiger partial charge < -0.3 is 9.52 Å². The third kappa shape index (κ3) is 5.95. The van der Waals surface area contributed by atoms with Crippen LogP contribution in [0, 0.1) is 0 Å². The third-order valence-corrected chi connectivity index (χ3v) is 2.53. The molecule has 3 nitrogen and oxygen atoms in total. The number of allylic oxidation sites excluding steroid dienone is 1. The van der Waals surface area contributed by atoms with Crippen LogP contribution in [0.3, 0.4) is 0 Å². The number of hydrogen-bond donors (Lipinski definition) is 1. The molecule has 1 rings (SSSR count). The minimum atomic E-state index is -0.521. The van der Waals surface area contributed by atoms with Crippen molar-refractivity contribution in [2.24, 2.45) is 0 Å². The Labute approximate surface area is 102 Å². The highest BCUT2D eigenvalue weighted by Crippen LogP contribution is 2.10. The summed E-state index contributed by atoms with van der Waals surface area (Å²) in [5, 5.41) is 9.20. The van der Waals surface area contributed by atoms with Crippen LogP contribution >= 0.6 is 0 Å². The first-order chi connectivity index (χ1) is 8.22. The van der Waals surface area contributed by atoms with Gasteiger partial charge in [0, 0.05) is 6.07 Å². The van der Waals surface area contributed by atoms with Gasteiger partial charge in [0.25, 0.3) is 0 Å². The lowest BCUT2D eigenvalue weighted by Gasteiger charge is -1.96. The van der Waals surface area contributed by atoms with Crippen LogP contribution in [-0.4, -0.2) is 5.11 Å². The highest BCUT2D eigenvalue weighted by atomic mass is 16.4. The second-order valence-electron chi connectivity index (χ2n) is 4.14. The molecular formula is C14H20O3. The first-order valence-corrected chi connectivity index (χ1v) is 6.23. The molecule has 1 heterocycles. The summed E-state index contributed by atoms with van der Waals surface area (Å²) in [7, 11) is 0. The zero-order valence-electron chi connectivity index (χ0n) is 10.3. The largest absolute Gasteiger partial charge is 0.508 e. The van der Waals surface area contributed by atoms with Crippen LogP contribution < -0.4 is 5.63 Å². The van der Waals surface area contributed by atoms with Gasteiger partial charge in [-0.2, -0.15) is 0 Å². The van der Waals surface area contributed by atoms with Crippen LogP contribution in [0.25, 0.3) is 6.08 Å². The van der Waals surface area contributed by atoms with Gasteiger partial charge in [0.2, 0.25) is 0 Å². The summed E-state index contributed by atoms with van der Waals surface area (Å²) in [5.74, 6) is 0.354. The normalized spacial score (nSPS) is 11.1. The van der Waals surface area contributed by atoms with Gasteiger partial charge in [-0.3, -0.25) is 0 Å². The third-order valence-electron chi connectivity index (χ3n) is 2.53. The van der Waals surface area contributed by atoms with E-state index >= 15 is 0 Å². The minimum Gasteiger partial charge on any atom is -0.508 e. The Bertz CT molecular complexity index is 404. The SMILES string of the molecule is CCCCCCC/C=C/c1cc(O)cc(=O)o1. The minimum absolute atomic E-state index is 0.0520. The van der Waals surface area contributed by atoms with Crippen molar-refractivity contribution >= 4 is 6.08 Å². The van der Waals surface area contributed by atoms with E-state index in [1.54, 1.807) is 6.08 Å². The van der Waals surface area contributed by atoms with E-state index in [4.69, 9.17) is 4.42 Å². The summed E-state index contributed by atoms with van der Waals surface area (Å²) in [6, 6.07) is 2.50. The maximum absolute atomic E-state index is 11.0. The fourth-order valence-corrected chi connectivity index (χ4v) is 1.63. The van der Waals surface area contributed by atoms with E-state index in [0.29, 0.717) is 5.76 Å². The zero-order valence-corrected chi connectivity index (χ0v) is 10.3. The van der Waals surface area contributed by atoms with Gasteiger partial charge in [-0.25, -0.2) is 4.79 Å². The van der Waals surface area contributed by atoms with Crippen molar-refractivity contribution in [1.82, 2.24) is 0 Å². The van der Waals surface area contributed by atoms with Crippen molar-refractivity contribution in [2.45, 2.75) is 45.4 Å². The second kappa shape index (κ2) is 7.71. The number of rotatable bonds is 7. The Kier molecular flexibility index (Phi) is 6.15. The molecule has 0 saturated heterocycles. The molecule has 1 N–H and O–H groups in total. The quantitative estimate of drug-likeness (QED) is 0.734.